The van der Waals surface area contributed by atoms with Gasteiger partial charge in [-0.25, -0.2) is 21.9 Å². The lowest BCUT2D eigenvalue weighted by molar-refractivity contribution is 0.0317. The van der Waals surface area contributed by atoms with Crippen molar-refractivity contribution in [3.05, 3.63) is 65.2 Å². The van der Waals surface area contributed by atoms with E-state index in [1.807, 2.05) is 24.3 Å². The highest BCUT2D eigenvalue weighted by Crippen LogP contribution is 2.28. The summed E-state index contributed by atoms with van der Waals surface area (Å²) in [5, 5.41) is 10.7. The molecule has 0 saturated heterocycles. The lowest BCUT2D eigenvalue weighted by Gasteiger charge is -2.33. The minimum absolute atomic E-state index is 0.264. The molecule has 2 aromatic rings. The molecule has 1 unspecified atom stereocenters. The van der Waals surface area contributed by atoms with E-state index in [4.69, 9.17) is 0 Å². The van der Waals surface area contributed by atoms with Crippen LogP contribution in [0.3, 0.4) is 0 Å². The average Bonchev–Trinajstić information content (AvgIpc) is 2.55. The van der Waals surface area contributed by atoms with Gasteiger partial charge in [0, 0.05) is 13.0 Å². The Morgan fingerprint density at radius 1 is 1.12 bits per heavy atom. The van der Waals surface area contributed by atoms with Gasteiger partial charge < -0.3 is 5.11 Å². The third-order valence-corrected chi connectivity index (χ3v) is 5.69. The maximum atomic E-state index is 13.7. The van der Waals surface area contributed by atoms with Crippen molar-refractivity contribution in [2.24, 2.45) is 0 Å². The fourth-order valence-corrected chi connectivity index (χ4v) is 4.13. The molecule has 0 spiro atoms. The molecule has 7 heteroatoms. The number of hydrogen-bond donors (Lipinski definition) is 2. The zero-order valence-corrected chi connectivity index (χ0v) is 13.6. The van der Waals surface area contributed by atoms with Crippen LogP contribution in [0.1, 0.15) is 17.5 Å². The summed E-state index contributed by atoms with van der Waals surface area (Å²) in [7, 11) is -4.25. The second kappa shape index (κ2) is 6.23. The molecule has 24 heavy (non-hydrogen) atoms. The van der Waals surface area contributed by atoms with Crippen molar-refractivity contribution >= 4 is 10.0 Å². The minimum Gasteiger partial charge on any atom is -0.388 e. The molecule has 0 aromatic heterocycles. The van der Waals surface area contributed by atoms with E-state index in [1.54, 1.807) is 0 Å². The van der Waals surface area contributed by atoms with Gasteiger partial charge in [0.15, 0.2) is 0 Å². The maximum absolute atomic E-state index is 13.7. The second-order valence-corrected chi connectivity index (χ2v) is 7.80. The molecule has 0 bridgehead atoms. The molecule has 4 nitrogen and oxygen atoms in total. The highest BCUT2D eigenvalue weighted by atomic mass is 32.2. The minimum atomic E-state index is -4.25. The number of nitrogens with one attached hydrogen (secondary N) is 1. The Kier molecular flexibility index (Phi) is 4.42. The van der Waals surface area contributed by atoms with Gasteiger partial charge in [0.25, 0.3) is 0 Å². The lowest BCUT2D eigenvalue weighted by Crippen LogP contribution is -2.46. The van der Waals surface area contributed by atoms with Crippen LogP contribution in [0.15, 0.2) is 47.4 Å². The van der Waals surface area contributed by atoms with Crippen molar-refractivity contribution in [1.29, 1.82) is 0 Å². The highest BCUT2D eigenvalue weighted by molar-refractivity contribution is 7.89. The van der Waals surface area contributed by atoms with Gasteiger partial charge in [-0.05, 0) is 42.2 Å². The summed E-state index contributed by atoms with van der Waals surface area (Å²) in [6.07, 6.45) is 1.32. The smallest absolute Gasteiger partial charge is 0.243 e. The van der Waals surface area contributed by atoms with Crippen molar-refractivity contribution in [2.75, 3.05) is 6.54 Å². The van der Waals surface area contributed by atoms with Gasteiger partial charge in [0.05, 0.1) is 5.60 Å². The Morgan fingerprint density at radius 3 is 2.58 bits per heavy atom. The molecule has 0 aliphatic heterocycles. The number of rotatable bonds is 4. The van der Waals surface area contributed by atoms with Crippen LogP contribution in [0, 0.1) is 11.6 Å². The summed E-state index contributed by atoms with van der Waals surface area (Å²) in [5.74, 6) is -1.88. The van der Waals surface area contributed by atoms with Gasteiger partial charge in [-0.2, -0.15) is 0 Å². The molecule has 0 radical (unpaired) electrons. The summed E-state index contributed by atoms with van der Waals surface area (Å²) in [5.41, 5.74) is 0.828. The number of hydrogen-bond acceptors (Lipinski definition) is 3. The third kappa shape index (κ3) is 3.48. The molecular formula is C17H17F2NO3S. The Hall–Kier alpha value is -1.83. The molecule has 1 aliphatic carbocycles. The Morgan fingerprint density at radius 2 is 1.83 bits per heavy atom. The molecule has 0 amide bonds. The monoisotopic (exact) mass is 353 g/mol. The van der Waals surface area contributed by atoms with Crippen molar-refractivity contribution in [1.82, 2.24) is 4.72 Å². The topological polar surface area (TPSA) is 66.4 Å². The normalized spacial score (nSPS) is 20.6. The molecule has 0 heterocycles. The van der Waals surface area contributed by atoms with Crippen LogP contribution >= 0.6 is 0 Å². The lowest BCUT2D eigenvalue weighted by atomic mass is 9.80. The molecule has 0 fully saturated rings. The van der Waals surface area contributed by atoms with Gasteiger partial charge in [0.1, 0.15) is 16.5 Å². The zero-order valence-electron chi connectivity index (χ0n) is 12.8. The average molecular weight is 353 g/mol. The Labute approximate surface area is 139 Å². The van der Waals surface area contributed by atoms with Crippen LogP contribution in [0.2, 0.25) is 0 Å². The van der Waals surface area contributed by atoms with Gasteiger partial charge in [-0.3, -0.25) is 0 Å². The van der Waals surface area contributed by atoms with E-state index in [2.05, 4.69) is 4.72 Å². The Bertz CT molecular complexity index is 870. The van der Waals surface area contributed by atoms with Gasteiger partial charge in [0.2, 0.25) is 10.0 Å². The quantitative estimate of drug-likeness (QED) is 0.885. The first-order valence-electron chi connectivity index (χ1n) is 7.53. The van der Waals surface area contributed by atoms with Crippen molar-refractivity contribution in [3.8, 4) is 0 Å². The summed E-state index contributed by atoms with van der Waals surface area (Å²) >= 11 is 0. The summed E-state index contributed by atoms with van der Waals surface area (Å²) in [4.78, 5) is -0.762. The van der Waals surface area contributed by atoms with E-state index in [0.29, 0.717) is 25.3 Å². The predicted molar refractivity (Wildman–Crippen MR) is 85.0 cm³/mol. The van der Waals surface area contributed by atoms with Gasteiger partial charge in [-0.15, -0.1) is 0 Å². The van der Waals surface area contributed by atoms with Crippen molar-refractivity contribution < 1.29 is 22.3 Å². The van der Waals surface area contributed by atoms with Crippen LogP contribution in [0.5, 0.6) is 0 Å². The molecule has 0 saturated carbocycles. The van der Waals surface area contributed by atoms with E-state index in [-0.39, 0.29) is 6.54 Å². The summed E-state index contributed by atoms with van der Waals surface area (Å²) < 4.78 is 53.5. The standard InChI is InChI=1S/C17H17F2NO3S/c18-14-5-6-15(19)16(9-14)24(22,23)20-11-17(21)8-7-12-3-1-2-4-13(12)10-17/h1-6,9,20-21H,7-8,10-11H2. The first kappa shape index (κ1) is 17.0. The van der Waals surface area contributed by atoms with E-state index < -0.39 is 32.2 Å². The number of sulfonamides is 1. The number of aliphatic hydroxyl groups is 1. The number of fused-ring (bicyclic) bond motifs is 1. The highest BCUT2D eigenvalue weighted by Gasteiger charge is 2.34. The number of benzene rings is 2. The largest absolute Gasteiger partial charge is 0.388 e. The Balaban J connectivity index is 1.77. The molecule has 1 atom stereocenters. The first-order valence-corrected chi connectivity index (χ1v) is 9.01. The number of aryl methyl sites for hydroxylation is 1. The van der Waals surface area contributed by atoms with Crippen LogP contribution in [0.4, 0.5) is 8.78 Å². The fraction of sp³-hybridized carbons (Fsp3) is 0.294. The van der Waals surface area contributed by atoms with Crippen LogP contribution in [-0.2, 0) is 22.9 Å². The van der Waals surface area contributed by atoms with E-state index in [9.17, 15) is 22.3 Å². The molecule has 128 valence electrons. The maximum Gasteiger partial charge on any atom is 0.243 e. The molecule has 1 aliphatic rings. The van der Waals surface area contributed by atoms with E-state index in [0.717, 1.165) is 23.3 Å². The molecular weight excluding hydrogens is 336 g/mol. The summed E-state index contributed by atoms with van der Waals surface area (Å²) in [6, 6.07) is 9.87. The second-order valence-electron chi connectivity index (χ2n) is 6.07. The first-order chi connectivity index (χ1) is 11.3. The zero-order chi connectivity index (χ0) is 17.4. The molecule has 2 aromatic carbocycles. The van der Waals surface area contributed by atoms with Crippen LogP contribution < -0.4 is 4.72 Å². The summed E-state index contributed by atoms with van der Waals surface area (Å²) in [6.45, 7) is -0.264. The number of halogens is 2. The van der Waals surface area contributed by atoms with Crippen LogP contribution in [0.25, 0.3) is 0 Å². The van der Waals surface area contributed by atoms with Crippen LogP contribution in [-0.4, -0.2) is 25.7 Å². The van der Waals surface area contributed by atoms with Crippen molar-refractivity contribution in [3.63, 3.8) is 0 Å². The van der Waals surface area contributed by atoms with E-state index in [1.165, 1.54) is 0 Å². The molecule has 2 N–H and O–H groups in total. The van der Waals surface area contributed by atoms with Gasteiger partial charge >= 0.3 is 0 Å². The van der Waals surface area contributed by atoms with Crippen molar-refractivity contribution in [2.45, 2.75) is 29.8 Å². The SMILES string of the molecule is O=S(=O)(NCC1(O)CCc2ccccc2C1)c1cc(F)ccc1F. The molecule has 3 rings (SSSR count). The third-order valence-electron chi connectivity index (χ3n) is 4.27. The van der Waals surface area contributed by atoms with E-state index >= 15 is 0 Å². The predicted octanol–water partition coefficient (Wildman–Crippen LogP) is 2.16. The fourth-order valence-electron chi connectivity index (χ4n) is 2.93. The van der Waals surface area contributed by atoms with Gasteiger partial charge in [-0.1, -0.05) is 24.3 Å².